The van der Waals surface area contributed by atoms with Crippen LogP contribution in [0.15, 0.2) is 54.6 Å². The smallest absolute Gasteiger partial charge is 0.406 e. The summed E-state index contributed by atoms with van der Waals surface area (Å²) in [6, 6.07) is 16.4. The third-order valence-corrected chi connectivity index (χ3v) is 4.89. The van der Waals surface area contributed by atoms with E-state index >= 15 is 0 Å². The minimum absolute atomic E-state index is 0.202. The third-order valence-electron chi connectivity index (χ3n) is 4.89. The molecule has 0 fully saturated rings. The number of rotatable bonds is 5. The largest absolute Gasteiger partial charge is 0.573 e. The standard InChI is InChI=1S/C22H21F3N4O/c1-15-27-20(26-13-16-5-3-2-4-6-16)12-21(28-15)29-10-9-17-7-8-19(11-18(17)14-29)30-22(23,24)25/h2-8,11-12H,9-10,13-14H2,1H3,(H,26,27,28). The highest BCUT2D eigenvalue weighted by Gasteiger charge is 2.31. The summed E-state index contributed by atoms with van der Waals surface area (Å²) in [6.07, 6.45) is -3.98. The maximum Gasteiger partial charge on any atom is 0.573 e. The molecule has 8 heteroatoms. The molecule has 1 aliphatic rings. The molecule has 0 aliphatic carbocycles. The average Bonchev–Trinajstić information content (AvgIpc) is 2.71. The van der Waals surface area contributed by atoms with Gasteiger partial charge in [0.05, 0.1) is 0 Å². The molecule has 0 bridgehead atoms. The first-order valence-electron chi connectivity index (χ1n) is 9.62. The molecule has 1 N–H and O–H groups in total. The summed E-state index contributed by atoms with van der Waals surface area (Å²) in [7, 11) is 0. The third kappa shape index (κ3) is 5.00. The highest BCUT2D eigenvalue weighted by molar-refractivity contribution is 5.52. The van der Waals surface area contributed by atoms with Gasteiger partial charge in [0.15, 0.2) is 0 Å². The Labute approximate surface area is 172 Å². The van der Waals surface area contributed by atoms with Crippen molar-refractivity contribution in [2.45, 2.75) is 32.8 Å². The molecule has 3 aromatic rings. The maximum atomic E-state index is 12.5. The lowest BCUT2D eigenvalue weighted by atomic mass is 9.99. The van der Waals surface area contributed by atoms with Crippen LogP contribution in [0, 0.1) is 6.92 Å². The molecule has 0 spiro atoms. The van der Waals surface area contributed by atoms with Crippen molar-refractivity contribution in [1.82, 2.24) is 9.97 Å². The molecule has 30 heavy (non-hydrogen) atoms. The number of aromatic nitrogens is 2. The van der Waals surface area contributed by atoms with Gasteiger partial charge in [-0.15, -0.1) is 13.2 Å². The van der Waals surface area contributed by atoms with Gasteiger partial charge in [0, 0.05) is 25.7 Å². The number of nitrogens with one attached hydrogen (secondary N) is 1. The number of ether oxygens (including phenoxy) is 1. The number of nitrogens with zero attached hydrogens (tertiary/aromatic N) is 3. The summed E-state index contributed by atoms with van der Waals surface area (Å²) in [5.74, 6) is 1.88. The van der Waals surface area contributed by atoms with Crippen molar-refractivity contribution < 1.29 is 17.9 Å². The van der Waals surface area contributed by atoms with Gasteiger partial charge >= 0.3 is 6.36 Å². The van der Waals surface area contributed by atoms with Crippen LogP contribution in [0.5, 0.6) is 5.75 Å². The zero-order valence-electron chi connectivity index (χ0n) is 16.4. The van der Waals surface area contributed by atoms with Crippen LogP contribution in [0.2, 0.25) is 0 Å². The van der Waals surface area contributed by atoms with E-state index in [4.69, 9.17) is 0 Å². The average molecular weight is 414 g/mol. The Morgan fingerprint density at radius 3 is 2.60 bits per heavy atom. The van der Waals surface area contributed by atoms with Crippen molar-refractivity contribution in [3.63, 3.8) is 0 Å². The second-order valence-electron chi connectivity index (χ2n) is 7.15. The van der Waals surface area contributed by atoms with Crippen LogP contribution in [-0.2, 0) is 19.5 Å². The predicted octanol–water partition coefficient (Wildman–Crippen LogP) is 4.86. The summed E-state index contributed by atoms with van der Waals surface area (Å²) in [5, 5.41) is 3.31. The van der Waals surface area contributed by atoms with Crippen LogP contribution in [-0.4, -0.2) is 22.9 Å². The number of benzene rings is 2. The lowest BCUT2D eigenvalue weighted by Crippen LogP contribution is -2.31. The van der Waals surface area contributed by atoms with Gasteiger partial charge in [0.25, 0.3) is 0 Å². The Kier molecular flexibility index (Phi) is 5.48. The molecule has 1 aromatic heterocycles. The lowest BCUT2D eigenvalue weighted by Gasteiger charge is -2.30. The van der Waals surface area contributed by atoms with E-state index < -0.39 is 6.36 Å². The minimum Gasteiger partial charge on any atom is -0.406 e. The molecule has 5 nitrogen and oxygen atoms in total. The molecule has 156 valence electrons. The SMILES string of the molecule is Cc1nc(NCc2ccccc2)cc(N2CCc3ccc(OC(F)(F)F)cc3C2)n1. The van der Waals surface area contributed by atoms with Crippen molar-refractivity contribution in [1.29, 1.82) is 0 Å². The first-order valence-corrected chi connectivity index (χ1v) is 9.62. The van der Waals surface area contributed by atoms with Gasteiger partial charge in [-0.1, -0.05) is 36.4 Å². The summed E-state index contributed by atoms with van der Waals surface area (Å²) in [5.41, 5.74) is 2.96. The molecule has 4 rings (SSSR count). The van der Waals surface area contributed by atoms with E-state index in [0.717, 1.165) is 35.5 Å². The number of halogens is 3. The normalized spacial score (nSPS) is 13.7. The Morgan fingerprint density at radius 2 is 1.83 bits per heavy atom. The van der Waals surface area contributed by atoms with Crippen LogP contribution < -0.4 is 15.0 Å². The van der Waals surface area contributed by atoms with E-state index in [1.165, 1.54) is 12.1 Å². The molecule has 0 unspecified atom stereocenters. The number of hydrogen-bond acceptors (Lipinski definition) is 5. The molecule has 0 saturated carbocycles. The molecular weight excluding hydrogens is 393 g/mol. The van der Waals surface area contributed by atoms with Gasteiger partial charge in [0.1, 0.15) is 23.2 Å². The predicted molar refractivity (Wildman–Crippen MR) is 108 cm³/mol. The Hall–Kier alpha value is -3.29. The van der Waals surface area contributed by atoms with Gasteiger partial charge in [0.2, 0.25) is 0 Å². The zero-order valence-corrected chi connectivity index (χ0v) is 16.4. The quantitative estimate of drug-likeness (QED) is 0.646. The molecular formula is C22H21F3N4O. The van der Waals surface area contributed by atoms with E-state index in [0.29, 0.717) is 24.7 Å². The van der Waals surface area contributed by atoms with E-state index in [2.05, 4.69) is 20.0 Å². The van der Waals surface area contributed by atoms with Gasteiger partial charge in [-0.3, -0.25) is 0 Å². The van der Waals surface area contributed by atoms with Crippen LogP contribution >= 0.6 is 0 Å². The molecule has 2 heterocycles. The van der Waals surface area contributed by atoms with Crippen LogP contribution in [0.4, 0.5) is 24.8 Å². The highest BCUT2D eigenvalue weighted by atomic mass is 19.4. The highest BCUT2D eigenvalue weighted by Crippen LogP contribution is 2.30. The molecule has 0 atom stereocenters. The first kappa shape index (κ1) is 20.0. The fourth-order valence-electron chi connectivity index (χ4n) is 3.52. The van der Waals surface area contributed by atoms with E-state index in [1.54, 1.807) is 6.07 Å². The van der Waals surface area contributed by atoms with Crippen molar-refractivity contribution in [3.8, 4) is 5.75 Å². The number of aryl methyl sites for hydroxylation is 1. The summed E-state index contributed by atoms with van der Waals surface area (Å²) >= 11 is 0. The van der Waals surface area contributed by atoms with Crippen molar-refractivity contribution >= 4 is 11.6 Å². The van der Waals surface area contributed by atoms with Crippen LogP contribution in [0.3, 0.4) is 0 Å². The van der Waals surface area contributed by atoms with Gasteiger partial charge in [-0.05, 0) is 42.2 Å². The summed E-state index contributed by atoms with van der Waals surface area (Å²) in [4.78, 5) is 11.0. The first-order chi connectivity index (χ1) is 14.4. The van der Waals surface area contributed by atoms with Crippen LogP contribution in [0.25, 0.3) is 0 Å². The number of hydrogen-bond donors (Lipinski definition) is 1. The molecule has 2 aromatic carbocycles. The fourth-order valence-corrected chi connectivity index (χ4v) is 3.52. The second-order valence-corrected chi connectivity index (χ2v) is 7.15. The topological polar surface area (TPSA) is 50.3 Å². The van der Waals surface area contributed by atoms with E-state index in [9.17, 15) is 13.2 Å². The number of fused-ring (bicyclic) bond motifs is 1. The second kappa shape index (κ2) is 8.22. The Bertz CT molecular complexity index is 1020. The van der Waals surface area contributed by atoms with E-state index in [1.807, 2.05) is 48.2 Å². The summed E-state index contributed by atoms with van der Waals surface area (Å²) in [6.45, 7) is 3.64. The van der Waals surface area contributed by atoms with E-state index in [-0.39, 0.29) is 5.75 Å². The monoisotopic (exact) mass is 414 g/mol. The van der Waals surface area contributed by atoms with Gasteiger partial charge in [-0.2, -0.15) is 0 Å². The number of anilines is 2. The summed E-state index contributed by atoms with van der Waals surface area (Å²) < 4.78 is 41.7. The van der Waals surface area contributed by atoms with Crippen molar-refractivity contribution in [3.05, 3.63) is 77.1 Å². The zero-order chi connectivity index (χ0) is 21.1. The molecule has 0 amide bonds. The molecule has 0 radical (unpaired) electrons. The number of alkyl halides is 3. The molecule has 0 saturated heterocycles. The Balaban J connectivity index is 1.51. The Morgan fingerprint density at radius 1 is 1.03 bits per heavy atom. The van der Waals surface area contributed by atoms with Gasteiger partial charge in [-0.25, -0.2) is 9.97 Å². The maximum absolute atomic E-state index is 12.5. The molecule has 1 aliphatic heterocycles. The minimum atomic E-state index is -4.70. The van der Waals surface area contributed by atoms with Crippen molar-refractivity contribution in [2.24, 2.45) is 0 Å². The lowest BCUT2D eigenvalue weighted by molar-refractivity contribution is -0.274. The fraction of sp³-hybridized carbons (Fsp3) is 0.273. The van der Waals surface area contributed by atoms with Crippen molar-refractivity contribution in [2.75, 3.05) is 16.8 Å². The van der Waals surface area contributed by atoms with Crippen LogP contribution in [0.1, 0.15) is 22.5 Å². The van der Waals surface area contributed by atoms with Gasteiger partial charge < -0.3 is 15.0 Å².